The van der Waals surface area contributed by atoms with Crippen molar-refractivity contribution in [1.82, 2.24) is 5.32 Å². The first-order valence-corrected chi connectivity index (χ1v) is 8.78. The molecule has 3 heteroatoms. The molecule has 1 aliphatic rings. The van der Waals surface area contributed by atoms with Crippen LogP contribution in [0.1, 0.15) is 23.3 Å². The molecule has 0 atom stereocenters. The van der Waals surface area contributed by atoms with Crippen LogP contribution in [-0.2, 0) is 6.54 Å². The summed E-state index contributed by atoms with van der Waals surface area (Å²) in [5.74, 6) is 0.981. The van der Waals surface area contributed by atoms with Crippen molar-refractivity contribution in [3.05, 3.63) is 83.8 Å². The highest BCUT2D eigenvalue weighted by molar-refractivity contribution is 5.88. The van der Waals surface area contributed by atoms with Crippen LogP contribution < -0.4 is 10.2 Å². The van der Waals surface area contributed by atoms with E-state index in [4.69, 9.17) is 4.42 Å². The highest BCUT2D eigenvalue weighted by Gasteiger charge is 2.16. The van der Waals surface area contributed by atoms with Gasteiger partial charge in [-0.1, -0.05) is 48.6 Å². The van der Waals surface area contributed by atoms with E-state index in [1.807, 2.05) is 12.1 Å². The van der Waals surface area contributed by atoms with Crippen LogP contribution in [0.15, 0.2) is 71.3 Å². The van der Waals surface area contributed by atoms with Crippen molar-refractivity contribution in [1.29, 1.82) is 0 Å². The van der Waals surface area contributed by atoms with E-state index in [9.17, 15) is 0 Å². The largest absolute Gasteiger partial charge is 0.468 e. The van der Waals surface area contributed by atoms with Crippen molar-refractivity contribution in [2.24, 2.45) is 0 Å². The van der Waals surface area contributed by atoms with Crippen molar-refractivity contribution in [3.8, 4) is 0 Å². The smallest absolute Gasteiger partial charge is 0.117 e. The van der Waals surface area contributed by atoms with Crippen LogP contribution in [-0.4, -0.2) is 13.1 Å². The number of para-hydroxylation sites is 2. The Kier molecular flexibility index (Phi) is 4.66. The first-order valence-electron chi connectivity index (χ1n) is 8.78. The van der Waals surface area contributed by atoms with Crippen molar-refractivity contribution < 1.29 is 4.42 Å². The minimum absolute atomic E-state index is 0.779. The second-order valence-corrected chi connectivity index (χ2v) is 6.21. The van der Waals surface area contributed by atoms with Gasteiger partial charge in [-0.05, 0) is 48.4 Å². The summed E-state index contributed by atoms with van der Waals surface area (Å²) in [6, 6.07) is 21.1. The fraction of sp³-hybridized carbons (Fsp3) is 0.182. The average molecular weight is 330 g/mol. The lowest BCUT2D eigenvalue weighted by molar-refractivity contribution is 0.481. The zero-order valence-electron chi connectivity index (χ0n) is 14.2. The van der Waals surface area contributed by atoms with Gasteiger partial charge in [0.1, 0.15) is 5.76 Å². The molecule has 0 spiro atoms. The van der Waals surface area contributed by atoms with Gasteiger partial charge in [-0.25, -0.2) is 0 Å². The first kappa shape index (κ1) is 15.7. The summed E-state index contributed by atoms with van der Waals surface area (Å²) < 4.78 is 5.36. The third-order valence-corrected chi connectivity index (χ3v) is 4.51. The Morgan fingerprint density at radius 2 is 1.48 bits per heavy atom. The lowest BCUT2D eigenvalue weighted by atomic mass is 10.1. The number of anilines is 2. The molecule has 0 saturated carbocycles. The molecule has 3 aromatic rings. The van der Waals surface area contributed by atoms with Crippen molar-refractivity contribution in [2.45, 2.75) is 13.0 Å². The third-order valence-electron chi connectivity index (χ3n) is 4.51. The molecule has 126 valence electrons. The van der Waals surface area contributed by atoms with E-state index in [2.05, 4.69) is 70.9 Å². The molecule has 2 heterocycles. The topological polar surface area (TPSA) is 28.4 Å². The number of nitrogens with zero attached hydrogens (tertiary/aromatic N) is 1. The van der Waals surface area contributed by atoms with Crippen LogP contribution in [0.2, 0.25) is 0 Å². The Hall–Kier alpha value is -2.78. The molecule has 0 saturated heterocycles. The van der Waals surface area contributed by atoms with Gasteiger partial charge in [0.05, 0.1) is 12.8 Å². The van der Waals surface area contributed by atoms with Crippen LogP contribution in [0.3, 0.4) is 0 Å². The van der Waals surface area contributed by atoms with Gasteiger partial charge in [0.2, 0.25) is 0 Å². The minimum atomic E-state index is 0.779. The Morgan fingerprint density at radius 3 is 2.12 bits per heavy atom. The van der Waals surface area contributed by atoms with Crippen LogP contribution in [0, 0.1) is 0 Å². The zero-order valence-corrected chi connectivity index (χ0v) is 14.2. The van der Waals surface area contributed by atoms with E-state index in [0.29, 0.717) is 0 Å². The molecular formula is C22H22N2O. The fourth-order valence-electron chi connectivity index (χ4n) is 3.29. The normalized spacial score (nSPS) is 12.6. The molecule has 0 amide bonds. The number of benzene rings is 2. The highest BCUT2D eigenvalue weighted by Crippen LogP contribution is 2.35. The highest BCUT2D eigenvalue weighted by atomic mass is 16.3. The second-order valence-electron chi connectivity index (χ2n) is 6.21. The SMILES string of the molecule is C1=Cc2ccccc2N(CCCNCc2ccco2)c2ccccc21. The summed E-state index contributed by atoms with van der Waals surface area (Å²) in [5, 5.41) is 3.45. The van der Waals surface area contributed by atoms with Crippen LogP contribution >= 0.6 is 0 Å². The van der Waals surface area contributed by atoms with E-state index in [1.165, 1.54) is 22.5 Å². The van der Waals surface area contributed by atoms with Gasteiger partial charge in [0.25, 0.3) is 0 Å². The summed E-state index contributed by atoms with van der Waals surface area (Å²) >= 11 is 0. The molecule has 1 N–H and O–H groups in total. The Balaban J connectivity index is 1.47. The van der Waals surface area contributed by atoms with E-state index in [0.717, 1.165) is 31.8 Å². The molecule has 1 aliphatic heterocycles. The van der Waals surface area contributed by atoms with E-state index in [1.54, 1.807) is 6.26 Å². The molecule has 0 radical (unpaired) electrons. The molecule has 1 aromatic heterocycles. The molecule has 0 fully saturated rings. The number of nitrogens with one attached hydrogen (secondary N) is 1. The molecule has 2 aromatic carbocycles. The zero-order chi connectivity index (χ0) is 16.9. The summed E-state index contributed by atoms with van der Waals surface area (Å²) in [6.45, 7) is 2.71. The summed E-state index contributed by atoms with van der Waals surface area (Å²) in [7, 11) is 0. The van der Waals surface area contributed by atoms with Crippen LogP contribution in [0.5, 0.6) is 0 Å². The standard InChI is InChI=1S/C22H22N2O/c1-3-10-21-18(7-1)12-13-19-8-2-4-11-22(19)24(21)15-6-14-23-17-20-9-5-16-25-20/h1-5,7-13,16,23H,6,14-15,17H2. The van der Waals surface area contributed by atoms with Crippen molar-refractivity contribution in [2.75, 3.05) is 18.0 Å². The molecule has 25 heavy (non-hydrogen) atoms. The van der Waals surface area contributed by atoms with Gasteiger partial charge in [-0.15, -0.1) is 0 Å². The number of hydrogen-bond acceptors (Lipinski definition) is 3. The predicted octanol–water partition coefficient (Wildman–Crippen LogP) is 5.08. The monoisotopic (exact) mass is 330 g/mol. The van der Waals surface area contributed by atoms with E-state index >= 15 is 0 Å². The fourth-order valence-corrected chi connectivity index (χ4v) is 3.29. The quantitative estimate of drug-likeness (QED) is 0.639. The first-order chi connectivity index (χ1) is 12.4. The lowest BCUT2D eigenvalue weighted by Gasteiger charge is -2.27. The van der Waals surface area contributed by atoms with E-state index < -0.39 is 0 Å². The summed E-state index contributed by atoms with van der Waals surface area (Å²) in [6.07, 6.45) is 7.20. The number of fused-ring (bicyclic) bond motifs is 2. The molecule has 0 bridgehead atoms. The van der Waals surface area contributed by atoms with E-state index in [-0.39, 0.29) is 0 Å². The van der Waals surface area contributed by atoms with Gasteiger partial charge in [-0.2, -0.15) is 0 Å². The number of furan rings is 1. The lowest BCUT2D eigenvalue weighted by Crippen LogP contribution is -2.24. The van der Waals surface area contributed by atoms with Crippen molar-refractivity contribution in [3.63, 3.8) is 0 Å². The molecular weight excluding hydrogens is 308 g/mol. The maximum absolute atomic E-state index is 5.36. The number of rotatable bonds is 6. The van der Waals surface area contributed by atoms with Crippen molar-refractivity contribution >= 4 is 23.5 Å². The Morgan fingerprint density at radius 1 is 0.800 bits per heavy atom. The van der Waals surface area contributed by atoms with Gasteiger partial charge >= 0.3 is 0 Å². The van der Waals surface area contributed by atoms with Gasteiger partial charge < -0.3 is 14.6 Å². The van der Waals surface area contributed by atoms with Gasteiger partial charge in [-0.3, -0.25) is 0 Å². The molecule has 0 unspecified atom stereocenters. The molecule has 3 nitrogen and oxygen atoms in total. The second kappa shape index (κ2) is 7.41. The third kappa shape index (κ3) is 3.52. The minimum Gasteiger partial charge on any atom is -0.468 e. The van der Waals surface area contributed by atoms with Crippen LogP contribution in [0.25, 0.3) is 12.2 Å². The molecule has 0 aliphatic carbocycles. The summed E-state index contributed by atoms with van der Waals surface area (Å²) in [4.78, 5) is 2.43. The predicted molar refractivity (Wildman–Crippen MR) is 104 cm³/mol. The average Bonchev–Trinajstić information content (AvgIpc) is 3.12. The Labute approximate surface area is 148 Å². The Bertz CT molecular complexity index is 802. The van der Waals surface area contributed by atoms with Gasteiger partial charge in [0.15, 0.2) is 0 Å². The maximum atomic E-state index is 5.36. The maximum Gasteiger partial charge on any atom is 0.117 e. The summed E-state index contributed by atoms with van der Waals surface area (Å²) in [5.41, 5.74) is 5.08. The molecule has 4 rings (SSSR count). The van der Waals surface area contributed by atoms with Crippen LogP contribution in [0.4, 0.5) is 11.4 Å². The number of hydrogen-bond donors (Lipinski definition) is 1. The van der Waals surface area contributed by atoms with Gasteiger partial charge in [0, 0.05) is 17.9 Å².